The third-order valence-corrected chi connectivity index (χ3v) is 3.86. The smallest absolute Gasteiger partial charge is 0.230 e. The molecule has 1 aliphatic rings. The van der Waals surface area contributed by atoms with Gasteiger partial charge in [-0.1, -0.05) is 21.1 Å². The lowest BCUT2D eigenvalue weighted by atomic mass is 9.98. The van der Waals surface area contributed by atoms with Crippen LogP contribution in [0.25, 0.3) is 11.4 Å². The molecule has 0 unspecified atom stereocenters. The van der Waals surface area contributed by atoms with Crippen LogP contribution in [0.2, 0.25) is 0 Å². The minimum atomic E-state index is 0.437. The fraction of sp³-hybridized carbons (Fsp3) is 0.385. The fourth-order valence-corrected chi connectivity index (χ4v) is 2.56. The van der Waals surface area contributed by atoms with Crippen LogP contribution >= 0.6 is 15.9 Å². The number of piperidine rings is 1. The molecule has 1 fully saturated rings. The summed E-state index contributed by atoms with van der Waals surface area (Å²) in [5, 5.41) is 6.42. The summed E-state index contributed by atoms with van der Waals surface area (Å²) >= 11 is 3.42. The number of aromatic nitrogens is 2. The summed E-state index contributed by atoms with van der Waals surface area (Å²) in [6, 6.07) is 7.96. The Hall–Kier alpha value is -1.20. The first-order chi connectivity index (χ1) is 8.83. The average Bonchev–Trinajstić information content (AvgIpc) is 2.90. The van der Waals surface area contributed by atoms with E-state index in [1.807, 2.05) is 24.3 Å². The third-order valence-electron chi connectivity index (χ3n) is 3.33. The van der Waals surface area contributed by atoms with Gasteiger partial charge in [0.25, 0.3) is 0 Å². The van der Waals surface area contributed by atoms with Crippen molar-refractivity contribution in [1.29, 1.82) is 0 Å². The maximum Gasteiger partial charge on any atom is 0.230 e. The third kappa shape index (κ3) is 2.47. The molecule has 2 heterocycles. The summed E-state index contributed by atoms with van der Waals surface area (Å²) in [5.41, 5.74) is 0.996. The van der Waals surface area contributed by atoms with Crippen molar-refractivity contribution in [3.8, 4) is 11.4 Å². The van der Waals surface area contributed by atoms with Crippen molar-refractivity contribution in [2.75, 3.05) is 13.1 Å². The van der Waals surface area contributed by atoms with Crippen LogP contribution in [0.1, 0.15) is 24.7 Å². The van der Waals surface area contributed by atoms with Crippen molar-refractivity contribution in [2.45, 2.75) is 18.8 Å². The van der Waals surface area contributed by atoms with Gasteiger partial charge in [-0.25, -0.2) is 0 Å². The highest BCUT2D eigenvalue weighted by molar-refractivity contribution is 9.10. The predicted octanol–water partition coefficient (Wildman–Crippen LogP) is 1.94. The average molecular weight is 309 g/mol. The summed E-state index contributed by atoms with van der Waals surface area (Å²) in [5.74, 6) is 1.92. The number of nitrogens with two attached hydrogens (primary N) is 1. The molecule has 1 aliphatic heterocycles. The van der Waals surface area contributed by atoms with E-state index in [0.29, 0.717) is 11.7 Å². The van der Waals surface area contributed by atoms with Crippen molar-refractivity contribution in [3.05, 3.63) is 34.6 Å². The molecular weight excluding hydrogens is 294 g/mol. The van der Waals surface area contributed by atoms with Gasteiger partial charge in [0.15, 0.2) is 0 Å². The number of nitrogens with zero attached hydrogens (tertiary/aromatic N) is 2. The first-order valence-corrected chi connectivity index (χ1v) is 7.03. The number of benzene rings is 1. The van der Waals surface area contributed by atoms with Gasteiger partial charge < -0.3 is 9.84 Å². The van der Waals surface area contributed by atoms with Crippen molar-refractivity contribution in [3.63, 3.8) is 0 Å². The topological polar surface area (TPSA) is 55.5 Å². The highest BCUT2D eigenvalue weighted by Gasteiger charge is 2.23. The molecule has 1 aromatic carbocycles. The van der Waals surface area contributed by atoms with Gasteiger partial charge in [-0.3, -0.25) is 0 Å². The zero-order valence-electron chi connectivity index (χ0n) is 9.97. The number of halogens is 1. The first-order valence-electron chi connectivity index (χ1n) is 6.24. The summed E-state index contributed by atoms with van der Waals surface area (Å²) in [7, 11) is 0. The maximum atomic E-state index is 5.40. The van der Waals surface area contributed by atoms with Gasteiger partial charge in [-0.2, -0.15) is 4.98 Å². The lowest BCUT2D eigenvalue weighted by molar-refractivity contribution is -0.663. The Balaban J connectivity index is 1.82. The predicted molar refractivity (Wildman–Crippen MR) is 71.1 cm³/mol. The van der Waals surface area contributed by atoms with Crippen LogP contribution in [0.15, 0.2) is 33.3 Å². The Morgan fingerprint density at radius 3 is 2.61 bits per heavy atom. The van der Waals surface area contributed by atoms with Crippen LogP contribution in [-0.4, -0.2) is 23.2 Å². The number of quaternary nitrogens is 1. The second kappa shape index (κ2) is 5.20. The minimum Gasteiger partial charge on any atom is -0.346 e. The molecule has 3 rings (SSSR count). The quantitative estimate of drug-likeness (QED) is 0.922. The summed E-state index contributed by atoms with van der Waals surface area (Å²) < 4.78 is 6.46. The van der Waals surface area contributed by atoms with Gasteiger partial charge in [0.1, 0.15) is 0 Å². The van der Waals surface area contributed by atoms with Gasteiger partial charge in [0.2, 0.25) is 11.7 Å². The molecule has 0 amide bonds. The molecule has 2 N–H and O–H groups in total. The Morgan fingerprint density at radius 2 is 1.89 bits per heavy atom. The number of hydrogen-bond donors (Lipinski definition) is 1. The summed E-state index contributed by atoms with van der Waals surface area (Å²) in [6.45, 7) is 2.31. The van der Waals surface area contributed by atoms with Gasteiger partial charge in [-0.15, -0.1) is 0 Å². The van der Waals surface area contributed by atoms with E-state index in [0.717, 1.165) is 41.9 Å². The normalized spacial score (nSPS) is 16.9. The Bertz CT molecular complexity index is 517. The molecule has 0 bridgehead atoms. The number of rotatable bonds is 2. The SMILES string of the molecule is Brc1ccc(-c2noc(C3CC[NH2+]CC3)n2)cc1. The van der Waals surface area contributed by atoms with E-state index < -0.39 is 0 Å². The molecule has 1 saturated heterocycles. The minimum absolute atomic E-state index is 0.437. The van der Waals surface area contributed by atoms with E-state index in [9.17, 15) is 0 Å². The largest absolute Gasteiger partial charge is 0.346 e. The molecular formula is C13H15BrN3O+. The number of hydrogen-bond acceptors (Lipinski definition) is 3. The summed E-state index contributed by atoms with van der Waals surface area (Å²) in [4.78, 5) is 4.53. The van der Waals surface area contributed by atoms with E-state index in [1.165, 1.54) is 0 Å². The van der Waals surface area contributed by atoms with E-state index in [-0.39, 0.29) is 0 Å². The van der Waals surface area contributed by atoms with Gasteiger partial charge in [-0.05, 0) is 24.3 Å². The molecule has 0 saturated carbocycles. The molecule has 0 radical (unpaired) electrons. The second-order valence-electron chi connectivity index (χ2n) is 4.60. The highest BCUT2D eigenvalue weighted by Crippen LogP contribution is 2.25. The molecule has 2 aromatic rings. The van der Waals surface area contributed by atoms with Gasteiger partial charge in [0.05, 0.1) is 13.1 Å². The van der Waals surface area contributed by atoms with Crippen LogP contribution in [0.3, 0.4) is 0 Å². The van der Waals surface area contributed by atoms with E-state index >= 15 is 0 Å². The van der Waals surface area contributed by atoms with Crippen molar-refractivity contribution in [2.24, 2.45) is 0 Å². The zero-order valence-corrected chi connectivity index (χ0v) is 11.6. The van der Waals surface area contributed by atoms with Gasteiger partial charge >= 0.3 is 0 Å². The van der Waals surface area contributed by atoms with Crippen LogP contribution in [0, 0.1) is 0 Å². The van der Waals surface area contributed by atoms with Crippen LogP contribution in [0.5, 0.6) is 0 Å². The van der Waals surface area contributed by atoms with Crippen LogP contribution in [0.4, 0.5) is 0 Å². The first kappa shape index (κ1) is 11.9. The highest BCUT2D eigenvalue weighted by atomic mass is 79.9. The van der Waals surface area contributed by atoms with Crippen LogP contribution in [-0.2, 0) is 0 Å². The van der Waals surface area contributed by atoms with E-state index in [1.54, 1.807) is 0 Å². The van der Waals surface area contributed by atoms with E-state index in [2.05, 4.69) is 31.4 Å². The van der Waals surface area contributed by atoms with Gasteiger partial charge in [0, 0.05) is 28.8 Å². The zero-order chi connectivity index (χ0) is 12.4. The second-order valence-corrected chi connectivity index (χ2v) is 5.52. The van der Waals surface area contributed by atoms with Crippen LogP contribution < -0.4 is 5.32 Å². The monoisotopic (exact) mass is 308 g/mol. The van der Waals surface area contributed by atoms with Crippen molar-refractivity contribution >= 4 is 15.9 Å². The fourth-order valence-electron chi connectivity index (χ4n) is 2.29. The standard InChI is InChI=1S/C13H14BrN3O/c14-11-3-1-9(2-4-11)12-16-13(18-17-12)10-5-7-15-8-6-10/h1-4,10,15H,5-8H2/p+1. The van der Waals surface area contributed by atoms with Crippen molar-refractivity contribution < 1.29 is 9.84 Å². The molecule has 0 atom stereocenters. The lowest BCUT2D eigenvalue weighted by Crippen LogP contribution is -2.86. The maximum absolute atomic E-state index is 5.40. The molecule has 18 heavy (non-hydrogen) atoms. The molecule has 5 heteroatoms. The lowest BCUT2D eigenvalue weighted by Gasteiger charge is -2.15. The molecule has 1 aromatic heterocycles. The Kier molecular flexibility index (Phi) is 3.43. The molecule has 94 valence electrons. The Morgan fingerprint density at radius 1 is 1.17 bits per heavy atom. The Labute approximate surface area is 114 Å². The summed E-state index contributed by atoms with van der Waals surface area (Å²) in [6.07, 6.45) is 2.25. The molecule has 0 spiro atoms. The van der Waals surface area contributed by atoms with Crippen molar-refractivity contribution in [1.82, 2.24) is 10.1 Å². The molecule has 0 aliphatic carbocycles. The molecule has 4 nitrogen and oxygen atoms in total. The van der Waals surface area contributed by atoms with E-state index in [4.69, 9.17) is 4.52 Å².